The van der Waals surface area contributed by atoms with Crippen LogP contribution < -0.4 is 10.1 Å². The van der Waals surface area contributed by atoms with Crippen molar-refractivity contribution in [2.24, 2.45) is 0 Å². The van der Waals surface area contributed by atoms with Crippen LogP contribution in [0.3, 0.4) is 0 Å². The van der Waals surface area contributed by atoms with Gasteiger partial charge in [-0.2, -0.15) is 0 Å². The molecule has 1 aliphatic carbocycles. The van der Waals surface area contributed by atoms with Gasteiger partial charge in [0.1, 0.15) is 11.8 Å². The summed E-state index contributed by atoms with van der Waals surface area (Å²) in [5.74, 6) is 0.223. The number of nitrogens with zero attached hydrogens (tertiary/aromatic N) is 1. The van der Waals surface area contributed by atoms with Crippen molar-refractivity contribution >= 4 is 23.4 Å². The molecule has 0 saturated heterocycles. The molecular formula is C26H33ClN2O3. The summed E-state index contributed by atoms with van der Waals surface area (Å²) >= 11 is 6.02. The predicted octanol–water partition coefficient (Wildman–Crippen LogP) is 5.28. The van der Waals surface area contributed by atoms with Crippen LogP contribution >= 0.6 is 11.6 Å². The van der Waals surface area contributed by atoms with E-state index in [1.807, 2.05) is 38.1 Å². The smallest absolute Gasteiger partial charge is 0.261 e. The van der Waals surface area contributed by atoms with Gasteiger partial charge in [0, 0.05) is 17.6 Å². The highest BCUT2D eigenvalue weighted by molar-refractivity contribution is 6.30. The lowest BCUT2D eigenvalue weighted by Gasteiger charge is -2.32. The predicted molar refractivity (Wildman–Crippen MR) is 128 cm³/mol. The molecule has 0 heterocycles. The minimum Gasteiger partial charge on any atom is -0.484 e. The molecule has 0 aliphatic heterocycles. The minimum atomic E-state index is -0.548. The fourth-order valence-corrected chi connectivity index (χ4v) is 4.44. The van der Waals surface area contributed by atoms with Crippen molar-refractivity contribution in [1.82, 2.24) is 10.2 Å². The molecule has 6 heteroatoms. The van der Waals surface area contributed by atoms with E-state index in [1.54, 1.807) is 29.2 Å². The minimum absolute atomic E-state index is 0.0804. The molecule has 0 bridgehead atoms. The van der Waals surface area contributed by atoms with Crippen LogP contribution in [0.2, 0.25) is 5.02 Å². The van der Waals surface area contributed by atoms with Gasteiger partial charge in [-0.25, -0.2) is 0 Å². The van der Waals surface area contributed by atoms with Crippen molar-refractivity contribution in [3.8, 4) is 5.75 Å². The highest BCUT2D eigenvalue weighted by Gasteiger charge is 2.30. The van der Waals surface area contributed by atoms with E-state index in [1.165, 1.54) is 6.42 Å². The monoisotopic (exact) mass is 456 g/mol. The van der Waals surface area contributed by atoms with E-state index < -0.39 is 6.04 Å². The molecule has 2 aromatic rings. The topological polar surface area (TPSA) is 58.6 Å². The number of ether oxygens (including phenoxy) is 1. The molecule has 5 nitrogen and oxygen atoms in total. The third-order valence-electron chi connectivity index (χ3n) is 5.93. The van der Waals surface area contributed by atoms with Crippen LogP contribution in [-0.4, -0.2) is 35.4 Å². The van der Waals surface area contributed by atoms with Gasteiger partial charge in [-0.15, -0.1) is 0 Å². The summed E-state index contributed by atoms with van der Waals surface area (Å²) in [5.41, 5.74) is 2.11. The SMILES string of the molecule is CCC(C(=O)NC1CCCCC1)N(Cc1cccc(C)c1)C(=O)COc1cccc(Cl)c1. The number of rotatable bonds is 9. The average molecular weight is 457 g/mol. The number of aryl methyl sites for hydroxylation is 1. The molecule has 2 aromatic carbocycles. The van der Waals surface area contributed by atoms with Crippen LogP contribution in [0.4, 0.5) is 0 Å². The molecule has 0 aromatic heterocycles. The second kappa shape index (κ2) is 11.9. The summed E-state index contributed by atoms with van der Waals surface area (Å²) in [6.45, 7) is 4.17. The highest BCUT2D eigenvalue weighted by Crippen LogP contribution is 2.20. The second-order valence-electron chi connectivity index (χ2n) is 8.52. The molecule has 3 rings (SSSR count). The van der Waals surface area contributed by atoms with E-state index in [4.69, 9.17) is 16.3 Å². The Kier molecular flexibility index (Phi) is 8.98. The maximum atomic E-state index is 13.3. The number of nitrogens with one attached hydrogen (secondary N) is 1. The molecule has 0 spiro atoms. The zero-order valence-electron chi connectivity index (χ0n) is 19.0. The van der Waals surface area contributed by atoms with E-state index >= 15 is 0 Å². The van der Waals surface area contributed by atoms with Crippen LogP contribution in [0.25, 0.3) is 0 Å². The molecule has 32 heavy (non-hydrogen) atoms. The number of carbonyl (C=O) groups is 2. The van der Waals surface area contributed by atoms with Crippen LogP contribution in [0.1, 0.15) is 56.6 Å². The first-order chi connectivity index (χ1) is 15.5. The fraction of sp³-hybridized carbons (Fsp3) is 0.462. The van der Waals surface area contributed by atoms with Gasteiger partial charge in [-0.3, -0.25) is 9.59 Å². The number of carbonyl (C=O) groups excluding carboxylic acids is 2. The van der Waals surface area contributed by atoms with Gasteiger partial charge < -0.3 is 15.0 Å². The van der Waals surface area contributed by atoms with Crippen molar-refractivity contribution in [2.45, 2.75) is 71.0 Å². The number of halogens is 1. The Morgan fingerprint density at radius 3 is 2.56 bits per heavy atom. The summed E-state index contributed by atoms with van der Waals surface area (Å²) < 4.78 is 5.71. The third kappa shape index (κ3) is 6.99. The molecule has 2 amide bonds. The maximum Gasteiger partial charge on any atom is 0.261 e. The quantitative estimate of drug-likeness (QED) is 0.558. The molecule has 1 fully saturated rings. The number of hydrogen-bond donors (Lipinski definition) is 1. The Bertz CT molecular complexity index is 911. The summed E-state index contributed by atoms with van der Waals surface area (Å²) in [6.07, 6.45) is 6.05. The summed E-state index contributed by atoms with van der Waals surface area (Å²) in [5, 5.41) is 3.74. The van der Waals surface area contributed by atoms with Crippen LogP contribution in [0, 0.1) is 6.92 Å². The first-order valence-corrected chi connectivity index (χ1v) is 11.9. The van der Waals surface area contributed by atoms with Crippen molar-refractivity contribution in [2.75, 3.05) is 6.61 Å². The molecule has 172 valence electrons. The van der Waals surface area contributed by atoms with Crippen LogP contribution in [0.15, 0.2) is 48.5 Å². The zero-order valence-corrected chi connectivity index (χ0v) is 19.7. The molecule has 1 aliphatic rings. The zero-order chi connectivity index (χ0) is 22.9. The largest absolute Gasteiger partial charge is 0.484 e. The number of benzene rings is 2. The molecular weight excluding hydrogens is 424 g/mol. The van der Waals surface area contributed by atoms with Crippen molar-refractivity contribution in [3.63, 3.8) is 0 Å². The first kappa shape index (κ1) is 24.1. The van der Waals surface area contributed by atoms with E-state index in [-0.39, 0.29) is 24.5 Å². The van der Waals surface area contributed by atoms with Gasteiger partial charge in [0.25, 0.3) is 5.91 Å². The standard InChI is InChI=1S/C26H33ClN2O3/c1-3-24(26(31)28-22-12-5-4-6-13-22)29(17-20-10-7-9-19(2)15-20)25(30)18-32-23-14-8-11-21(27)16-23/h7-11,14-16,22,24H,3-6,12-13,17-18H2,1-2H3,(H,28,31). The van der Waals surface area contributed by atoms with Gasteiger partial charge in [-0.1, -0.05) is 73.7 Å². The number of amides is 2. The van der Waals surface area contributed by atoms with E-state index in [0.717, 1.165) is 36.8 Å². The molecule has 0 radical (unpaired) electrons. The maximum absolute atomic E-state index is 13.3. The lowest BCUT2D eigenvalue weighted by Crippen LogP contribution is -2.52. The van der Waals surface area contributed by atoms with Gasteiger partial charge in [0.2, 0.25) is 5.91 Å². The van der Waals surface area contributed by atoms with Gasteiger partial charge in [0.15, 0.2) is 6.61 Å². The van der Waals surface area contributed by atoms with E-state index in [2.05, 4.69) is 5.32 Å². The fourth-order valence-electron chi connectivity index (χ4n) is 4.26. The summed E-state index contributed by atoms with van der Waals surface area (Å²) in [7, 11) is 0. The summed E-state index contributed by atoms with van der Waals surface area (Å²) in [4.78, 5) is 28.1. The highest BCUT2D eigenvalue weighted by atomic mass is 35.5. The molecule has 1 atom stereocenters. The lowest BCUT2D eigenvalue weighted by atomic mass is 9.95. The third-order valence-corrected chi connectivity index (χ3v) is 6.17. The van der Waals surface area contributed by atoms with Crippen molar-refractivity contribution in [3.05, 3.63) is 64.7 Å². The Morgan fingerprint density at radius 2 is 1.88 bits per heavy atom. The first-order valence-electron chi connectivity index (χ1n) is 11.5. The van der Waals surface area contributed by atoms with Crippen LogP contribution in [0.5, 0.6) is 5.75 Å². The van der Waals surface area contributed by atoms with Crippen molar-refractivity contribution < 1.29 is 14.3 Å². The Hall–Kier alpha value is -2.53. The lowest BCUT2D eigenvalue weighted by molar-refractivity contribution is -0.143. The van der Waals surface area contributed by atoms with E-state index in [0.29, 0.717) is 23.7 Å². The van der Waals surface area contributed by atoms with E-state index in [9.17, 15) is 9.59 Å². The second-order valence-corrected chi connectivity index (χ2v) is 8.96. The molecule has 1 unspecified atom stereocenters. The van der Waals surface area contributed by atoms with Gasteiger partial charge >= 0.3 is 0 Å². The summed E-state index contributed by atoms with van der Waals surface area (Å²) in [6, 6.07) is 14.6. The Morgan fingerprint density at radius 1 is 1.12 bits per heavy atom. The van der Waals surface area contributed by atoms with Crippen molar-refractivity contribution in [1.29, 1.82) is 0 Å². The van der Waals surface area contributed by atoms with Crippen LogP contribution in [-0.2, 0) is 16.1 Å². The number of hydrogen-bond acceptors (Lipinski definition) is 3. The molecule has 1 saturated carbocycles. The average Bonchev–Trinajstić information content (AvgIpc) is 2.78. The Labute approximate surface area is 196 Å². The van der Waals surface area contributed by atoms with Gasteiger partial charge in [-0.05, 0) is 49.9 Å². The molecule has 1 N–H and O–H groups in total. The van der Waals surface area contributed by atoms with Gasteiger partial charge in [0.05, 0.1) is 0 Å². The normalized spacial score (nSPS) is 15.1. The Balaban J connectivity index is 1.75.